The van der Waals surface area contributed by atoms with E-state index in [4.69, 9.17) is 12.2 Å². The smallest absolute Gasteiger partial charge is 0.0484 e. The van der Waals surface area contributed by atoms with Gasteiger partial charge in [-0.3, -0.25) is 0 Å². The number of allylic oxidation sites excluding steroid dienone is 2. The van der Waals surface area contributed by atoms with Crippen LogP contribution in [0.1, 0.15) is 52.8 Å². The van der Waals surface area contributed by atoms with E-state index in [9.17, 15) is 0 Å². The Kier molecular flexibility index (Phi) is 13.8. The van der Waals surface area contributed by atoms with Crippen molar-refractivity contribution in [3.8, 4) is 0 Å². The third kappa shape index (κ3) is 6.90. The van der Waals surface area contributed by atoms with Crippen molar-refractivity contribution < 1.29 is 0 Å². The maximum atomic E-state index is 5.21. The van der Waals surface area contributed by atoms with Gasteiger partial charge in [0.05, 0.1) is 0 Å². The van der Waals surface area contributed by atoms with Crippen LogP contribution in [0.15, 0.2) is 24.4 Å². The normalized spacial score (nSPS) is 9.53. The fourth-order valence-corrected chi connectivity index (χ4v) is 1.40. The molecule has 0 aromatic carbocycles. The second kappa shape index (κ2) is 12.9. The van der Waals surface area contributed by atoms with Crippen molar-refractivity contribution >= 4 is 24.4 Å². The molecule has 1 aromatic rings. The molecular formula is C15H25NS. The number of nitrogens with one attached hydrogen (secondary N) is 1. The zero-order chi connectivity index (χ0) is 13.7. The molecule has 0 aliphatic rings. The van der Waals surface area contributed by atoms with Crippen molar-refractivity contribution in [3.05, 3.63) is 40.2 Å². The Morgan fingerprint density at radius 3 is 2.00 bits per heavy atom. The first-order chi connectivity index (χ1) is 8.29. The van der Waals surface area contributed by atoms with E-state index in [1.807, 2.05) is 78.1 Å². The van der Waals surface area contributed by atoms with Crippen LogP contribution in [0.5, 0.6) is 0 Å². The summed E-state index contributed by atoms with van der Waals surface area (Å²) in [6.45, 7) is 12.0. The summed E-state index contributed by atoms with van der Waals surface area (Å²) in [5.74, 6) is 0. The zero-order valence-corrected chi connectivity index (χ0v) is 12.7. The van der Waals surface area contributed by atoms with E-state index in [1.165, 1.54) is 0 Å². The van der Waals surface area contributed by atoms with Crippen LogP contribution in [0, 0.1) is 4.51 Å². The summed E-state index contributed by atoms with van der Waals surface area (Å²) in [6.07, 6.45) is 9.89. The Balaban J connectivity index is 0. The molecule has 96 valence electrons. The van der Waals surface area contributed by atoms with E-state index in [0.717, 1.165) is 15.8 Å². The van der Waals surface area contributed by atoms with Crippen LogP contribution in [-0.2, 0) is 0 Å². The van der Waals surface area contributed by atoms with Gasteiger partial charge < -0.3 is 4.98 Å². The highest BCUT2D eigenvalue weighted by Gasteiger charge is 1.95. The Morgan fingerprint density at radius 2 is 1.53 bits per heavy atom. The molecule has 0 spiro atoms. The Hall–Kier alpha value is -1.15. The number of rotatable bonds is 2. The van der Waals surface area contributed by atoms with Crippen molar-refractivity contribution in [2.45, 2.75) is 41.5 Å². The molecule has 0 aliphatic carbocycles. The van der Waals surface area contributed by atoms with Gasteiger partial charge in [-0.25, -0.2) is 0 Å². The third-order valence-corrected chi connectivity index (χ3v) is 2.05. The molecule has 1 nitrogen and oxygen atoms in total. The first kappa shape index (κ1) is 18.2. The maximum Gasteiger partial charge on any atom is 0.0484 e. The highest BCUT2D eigenvalue weighted by Crippen LogP contribution is 2.11. The average Bonchev–Trinajstić information content (AvgIpc) is 2.39. The van der Waals surface area contributed by atoms with E-state index in [0.29, 0.717) is 0 Å². The summed E-state index contributed by atoms with van der Waals surface area (Å²) in [5, 5.41) is 0. The largest absolute Gasteiger partial charge is 0.361 e. The molecule has 0 saturated heterocycles. The summed E-state index contributed by atoms with van der Waals surface area (Å²) in [4.78, 5) is 3.16. The minimum absolute atomic E-state index is 0.880. The molecule has 17 heavy (non-hydrogen) atoms. The molecule has 1 rings (SSSR count). The molecule has 0 amide bonds. The quantitative estimate of drug-likeness (QED) is 0.651. The van der Waals surface area contributed by atoms with Gasteiger partial charge >= 0.3 is 0 Å². The lowest BCUT2D eigenvalue weighted by Gasteiger charge is -2.00. The Labute approximate surface area is 111 Å². The fourth-order valence-electron chi connectivity index (χ4n) is 1.15. The number of hydrogen-bond donors (Lipinski definition) is 1. The summed E-state index contributed by atoms with van der Waals surface area (Å²) >= 11 is 5.21. The zero-order valence-electron chi connectivity index (χ0n) is 11.9. The Morgan fingerprint density at radius 1 is 1.00 bits per heavy atom. The van der Waals surface area contributed by atoms with Crippen LogP contribution in [0.25, 0.3) is 12.2 Å². The van der Waals surface area contributed by atoms with E-state index >= 15 is 0 Å². The molecule has 1 heterocycles. The van der Waals surface area contributed by atoms with Gasteiger partial charge in [-0.05, 0) is 26.0 Å². The predicted molar refractivity (Wildman–Crippen MR) is 83.7 cm³/mol. The van der Waals surface area contributed by atoms with Gasteiger partial charge in [0.25, 0.3) is 0 Å². The second-order valence-corrected chi connectivity index (χ2v) is 3.11. The van der Waals surface area contributed by atoms with Gasteiger partial charge in [0, 0.05) is 22.0 Å². The van der Waals surface area contributed by atoms with Gasteiger partial charge in [-0.2, -0.15) is 0 Å². The van der Waals surface area contributed by atoms with E-state index in [1.54, 1.807) is 0 Å². The van der Waals surface area contributed by atoms with Gasteiger partial charge in [0.2, 0.25) is 0 Å². The monoisotopic (exact) mass is 251 g/mol. The molecule has 0 bridgehead atoms. The highest BCUT2D eigenvalue weighted by atomic mass is 32.1. The first-order valence-corrected chi connectivity index (χ1v) is 6.67. The molecular weight excluding hydrogens is 226 g/mol. The molecule has 1 N–H and O–H groups in total. The van der Waals surface area contributed by atoms with Crippen LogP contribution in [0.2, 0.25) is 0 Å². The minimum Gasteiger partial charge on any atom is -0.361 e. The standard InChI is InChI=1S/C11H13NS.2C2H6/c1-3-5-9-10(6-4-2)12-8-7-11(9)13;2*1-2/h3-8H,1-2H3,(H,12,13);2*1-2H3/b5-3-,6-4+;;. The number of H-pyrrole nitrogens is 1. The Bertz CT molecular complexity index is 386. The van der Waals surface area contributed by atoms with E-state index < -0.39 is 0 Å². The molecule has 0 radical (unpaired) electrons. The summed E-state index contributed by atoms with van der Waals surface area (Å²) < 4.78 is 0.880. The first-order valence-electron chi connectivity index (χ1n) is 6.26. The number of aromatic amines is 1. The van der Waals surface area contributed by atoms with Crippen molar-refractivity contribution in [1.82, 2.24) is 4.98 Å². The topological polar surface area (TPSA) is 15.8 Å². The lowest BCUT2D eigenvalue weighted by molar-refractivity contribution is 1.27. The molecule has 0 unspecified atom stereocenters. The molecule has 0 fully saturated rings. The highest BCUT2D eigenvalue weighted by molar-refractivity contribution is 7.71. The van der Waals surface area contributed by atoms with Crippen LogP contribution < -0.4 is 0 Å². The van der Waals surface area contributed by atoms with Crippen molar-refractivity contribution in [2.24, 2.45) is 0 Å². The van der Waals surface area contributed by atoms with Crippen LogP contribution >= 0.6 is 12.2 Å². The van der Waals surface area contributed by atoms with Crippen molar-refractivity contribution in [1.29, 1.82) is 0 Å². The van der Waals surface area contributed by atoms with Gasteiger partial charge in [0.15, 0.2) is 0 Å². The molecule has 1 aromatic heterocycles. The van der Waals surface area contributed by atoms with E-state index in [-0.39, 0.29) is 0 Å². The predicted octanol–water partition coefficient (Wildman–Crippen LogP) is 5.86. The number of aromatic nitrogens is 1. The molecule has 2 heteroatoms. The lowest BCUT2D eigenvalue weighted by Crippen LogP contribution is -1.86. The van der Waals surface area contributed by atoms with E-state index in [2.05, 4.69) is 4.98 Å². The third-order valence-electron chi connectivity index (χ3n) is 1.70. The van der Waals surface area contributed by atoms with Gasteiger partial charge in [0.1, 0.15) is 0 Å². The van der Waals surface area contributed by atoms with Gasteiger partial charge in [-0.1, -0.05) is 58.1 Å². The minimum atomic E-state index is 0.880. The maximum absolute atomic E-state index is 5.21. The lowest BCUT2D eigenvalue weighted by atomic mass is 10.1. The molecule has 0 aliphatic heterocycles. The van der Waals surface area contributed by atoms with Crippen molar-refractivity contribution in [2.75, 3.05) is 0 Å². The molecule has 0 atom stereocenters. The van der Waals surface area contributed by atoms with Crippen LogP contribution in [0.4, 0.5) is 0 Å². The number of hydrogen-bond acceptors (Lipinski definition) is 1. The average molecular weight is 251 g/mol. The summed E-state index contributed by atoms with van der Waals surface area (Å²) in [7, 11) is 0. The molecule has 0 saturated carbocycles. The van der Waals surface area contributed by atoms with Crippen molar-refractivity contribution in [3.63, 3.8) is 0 Å². The number of pyridine rings is 1. The summed E-state index contributed by atoms with van der Waals surface area (Å²) in [5.41, 5.74) is 2.14. The summed E-state index contributed by atoms with van der Waals surface area (Å²) in [6, 6.07) is 1.90. The van der Waals surface area contributed by atoms with Crippen LogP contribution in [-0.4, -0.2) is 4.98 Å². The fraction of sp³-hybridized carbons (Fsp3) is 0.400. The van der Waals surface area contributed by atoms with Crippen LogP contribution in [0.3, 0.4) is 0 Å². The van der Waals surface area contributed by atoms with Gasteiger partial charge in [-0.15, -0.1) is 0 Å². The SMILES string of the molecule is C/C=C\c1c(/C=C/C)[nH]ccc1=S.CC.CC. The second-order valence-electron chi connectivity index (χ2n) is 2.67.